The van der Waals surface area contributed by atoms with E-state index in [0.29, 0.717) is 12.0 Å². The lowest BCUT2D eigenvalue weighted by Crippen LogP contribution is -2.40. The van der Waals surface area contributed by atoms with Gasteiger partial charge in [0.05, 0.1) is 6.04 Å². The van der Waals surface area contributed by atoms with Crippen molar-refractivity contribution in [3.8, 4) is 5.88 Å². The maximum atomic E-state index is 12.1. The molecular formula is C13H20ClF2N3O2S. The van der Waals surface area contributed by atoms with Crippen LogP contribution in [0.25, 0.3) is 0 Å². The summed E-state index contributed by atoms with van der Waals surface area (Å²) in [5.74, 6) is 0.605. The number of carbonyl (C=O) groups is 1. The molecule has 1 aromatic rings. The second kappa shape index (κ2) is 11.4. The molecular weight excluding hydrogens is 336 g/mol. The summed E-state index contributed by atoms with van der Waals surface area (Å²) in [6.07, 6.45) is 1.38. The van der Waals surface area contributed by atoms with E-state index in [2.05, 4.69) is 10.3 Å². The Balaban J connectivity index is 0.00000441. The standard InChI is InChI=1S/C13H19F2N3O2S.ClH/c1-21-6-4-10(16)12(19)18-7-9-3-2-5-17-13(9)20-8-11(14)15;/h2-3,5,10-11H,4,6-8,16H2,1H3,(H,18,19);1H. The quantitative estimate of drug-likeness (QED) is 0.707. The molecule has 5 nitrogen and oxygen atoms in total. The van der Waals surface area contributed by atoms with E-state index in [9.17, 15) is 13.6 Å². The fourth-order valence-corrected chi connectivity index (χ4v) is 2.01. The average molecular weight is 356 g/mol. The molecule has 0 fully saturated rings. The molecule has 0 aliphatic carbocycles. The highest BCUT2D eigenvalue weighted by atomic mass is 35.5. The van der Waals surface area contributed by atoms with Crippen molar-refractivity contribution in [3.63, 3.8) is 0 Å². The second-order valence-electron chi connectivity index (χ2n) is 4.28. The Bertz CT molecular complexity index is 455. The molecule has 0 radical (unpaired) electrons. The molecule has 0 aliphatic rings. The first kappa shape index (κ1) is 20.9. The Morgan fingerprint density at radius 2 is 2.27 bits per heavy atom. The molecule has 3 N–H and O–H groups in total. The number of alkyl halides is 2. The van der Waals surface area contributed by atoms with Crippen LogP contribution in [-0.2, 0) is 11.3 Å². The fraction of sp³-hybridized carbons (Fsp3) is 0.538. The Kier molecular flexibility index (Phi) is 10.9. The molecule has 0 saturated carbocycles. The molecule has 22 heavy (non-hydrogen) atoms. The van der Waals surface area contributed by atoms with E-state index in [1.165, 1.54) is 6.20 Å². The Morgan fingerprint density at radius 1 is 1.55 bits per heavy atom. The number of rotatable bonds is 9. The predicted molar refractivity (Wildman–Crippen MR) is 85.8 cm³/mol. The van der Waals surface area contributed by atoms with Crippen molar-refractivity contribution in [2.24, 2.45) is 5.73 Å². The minimum absolute atomic E-state index is 0. The van der Waals surface area contributed by atoms with Gasteiger partial charge in [0, 0.05) is 18.3 Å². The molecule has 1 amide bonds. The monoisotopic (exact) mass is 355 g/mol. The third-order valence-corrected chi connectivity index (χ3v) is 3.26. The third kappa shape index (κ3) is 7.77. The first-order chi connectivity index (χ1) is 10.0. The number of halogens is 3. The predicted octanol–water partition coefficient (Wildman–Crippen LogP) is 1.84. The van der Waals surface area contributed by atoms with E-state index >= 15 is 0 Å². The van der Waals surface area contributed by atoms with Gasteiger partial charge >= 0.3 is 0 Å². The number of thioether (sulfide) groups is 1. The normalized spacial score (nSPS) is 11.7. The molecule has 0 saturated heterocycles. The molecule has 1 aromatic heterocycles. The van der Waals surface area contributed by atoms with Gasteiger partial charge in [-0.1, -0.05) is 6.07 Å². The topological polar surface area (TPSA) is 77.2 Å². The van der Waals surface area contributed by atoms with Gasteiger partial charge in [0.1, 0.15) is 0 Å². The highest BCUT2D eigenvalue weighted by molar-refractivity contribution is 7.98. The van der Waals surface area contributed by atoms with E-state index in [-0.39, 0.29) is 30.7 Å². The summed E-state index contributed by atoms with van der Waals surface area (Å²) < 4.78 is 29.2. The molecule has 126 valence electrons. The molecule has 1 unspecified atom stereocenters. The van der Waals surface area contributed by atoms with E-state index < -0.39 is 19.1 Å². The van der Waals surface area contributed by atoms with Crippen molar-refractivity contribution in [1.82, 2.24) is 10.3 Å². The number of hydrogen-bond donors (Lipinski definition) is 2. The largest absolute Gasteiger partial charge is 0.471 e. The number of nitrogens with zero attached hydrogens (tertiary/aromatic N) is 1. The lowest BCUT2D eigenvalue weighted by Gasteiger charge is -2.13. The molecule has 0 spiro atoms. The van der Waals surface area contributed by atoms with E-state index in [4.69, 9.17) is 10.5 Å². The lowest BCUT2D eigenvalue weighted by molar-refractivity contribution is -0.122. The fourth-order valence-electron chi connectivity index (χ4n) is 1.52. The number of hydrogen-bond acceptors (Lipinski definition) is 5. The van der Waals surface area contributed by atoms with Gasteiger partial charge in [0.25, 0.3) is 6.43 Å². The smallest absolute Gasteiger partial charge is 0.272 e. The lowest BCUT2D eigenvalue weighted by atomic mass is 10.2. The molecule has 0 aliphatic heterocycles. The van der Waals surface area contributed by atoms with E-state index in [1.807, 2.05) is 6.26 Å². The van der Waals surface area contributed by atoms with Gasteiger partial charge in [-0.2, -0.15) is 11.8 Å². The molecule has 9 heteroatoms. The Hall–Kier alpha value is -1.12. The highest BCUT2D eigenvalue weighted by Crippen LogP contribution is 2.15. The average Bonchev–Trinajstić information content (AvgIpc) is 2.48. The minimum atomic E-state index is -2.57. The first-order valence-electron chi connectivity index (χ1n) is 6.41. The van der Waals surface area contributed by atoms with Crippen molar-refractivity contribution in [2.45, 2.75) is 25.4 Å². The summed E-state index contributed by atoms with van der Waals surface area (Å²) in [5, 5.41) is 2.65. The first-order valence-corrected chi connectivity index (χ1v) is 7.81. The van der Waals surface area contributed by atoms with Gasteiger partial charge in [-0.15, -0.1) is 12.4 Å². The SMILES string of the molecule is CSCCC(N)C(=O)NCc1cccnc1OCC(F)F.Cl. The molecule has 1 heterocycles. The van der Waals surface area contributed by atoms with Crippen molar-refractivity contribution >= 4 is 30.1 Å². The van der Waals surface area contributed by atoms with Crippen LogP contribution in [0.4, 0.5) is 8.78 Å². The van der Waals surface area contributed by atoms with Gasteiger partial charge in [0.2, 0.25) is 11.8 Å². The summed E-state index contributed by atoms with van der Waals surface area (Å²) in [6.45, 7) is -0.594. The second-order valence-corrected chi connectivity index (χ2v) is 5.26. The maximum absolute atomic E-state index is 12.1. The zero-order chi connectivity index (χ0) is 15.7. The number of carbonyl (C=O) groups excluding carboxylic acids is 1. The van der Waals surface area contributed by atoms with Crippen LogP contribution >= 0.6 is 24.2 Å². The minimum Gasteiger partial charge on any atom is -0.471 e. The number of pyridine rings is 1. The maximum Gasteiger partial charge on any atom is 0.272 e. The van der Waals surface area contributed by atoms with Crippen LogP contribution in [-0.4, -0.2) is 42.0 Å². The molecule has 0 bridgehead atoms. The Labute approximate surface area is 138 Å². The van der Waals surface area contributed by atoms with Crippen LogP contribution in [0.2, 0.25) is 0 Å². The van der Waals surface area contributed by atoms with Gasteiger partial charge in [-0.3, -0.25) is 4.79 Å². The molecule has 1 atom stereocenters. The van der Waals surface area contributed by atoms with Crippen molar-refractivity contribution in [2.75, 3.05) is 18.6 Å². The zero-order valence-corrected chi connectivity index (χ0v) is 13.8. The van der Waals surface area contributed by atoms with E-state index in [0.717, 1.165) is 5.75 Å². The summed E-state index contributed by atoms with van der Waals surface area (Å²) in [7, 11) is 0. The Morgan fingerprint density at radius 3 is 2.91 bits per heavy atom. The summed E-state index contributed by atoms with van der Waals surface area (Å²) in [5.41, 5.74) is 6.26. The van der Waals surface area contributed by atoms with Gasteiger partial charge in [0.15, 0.2) is 6.61 Å². The summed E-state index contributed by atoms with van der Waals surface area (Å²) in [4.78, 5) is 15.7. The zero-order valence-electron chi connectivity index (χ0n) is 12.1. The third-order valence-electron chi connectivity index (χ3n) is 2.62. The van der Waals surface area contributed by atoms with Crippen LogP contribution < -0.4 is 15.8 Å². The van der Waals surface area contributed by atoms with E-state index in [1.54, 1.807) is 23.9 Å². The van der Waals surface area contributed by atoms with Crippen molar-refractivity contribution in [1.29, 1.82) is 0 Å². The number of amides is 1. The van der Waals surface area contributed by atoms with Crippen LogP contribution in [0.15, 0.2) is 18.3 Å². The van der Waals surface area contributed by atoms with Gasteiger partial charge < -0.3 is 15.8 Å². The van der Waals surface area contributed by atoms with Gasteiger partial charge in [-0.25, -0.2) is 13.8 Å². The molecule has 1 rings (SSSR count). The number of aromatic nitrogens is 1. The summed E-state index contributed by atoms with van der Waals surface area (Å²) in [6, 6.07) is 2.71. The summed E-state index contributed by atoms with van der Waals surface area (Å²) >= 11 is 1.61. The van der Waals surface area contributed by atoms with Gasteiger partial charge in [-0.05, 0) is 24.5 Å². The molecule has 0 aromatic carbocycles. The highest BCUT2D eigenvalue weighted by Gasteiger charge is 2.14. The van der Waals surface area contributed by atoms with Crippen molar-refractivity contribution < 1.29 is 18.3 Å². The van der Waals surface area contributed by atoms with Crippen LogP contribution in [0.3, 0.4) is 0 Å². The number of nitrogens with one attached hydrogen (secondary N) is 1. The number of ether oxygens (including phenoxy) is 1. The van der Waals surface area contributed by atoms with Crippen LogP contribution in [0.5, 0.6) is 5.88 Å². The van der Waals surface area contributed by atoms with Crippen LogP contribution in [0, 0.1) is 0 Å². The van der Waals surface area contributed by atoms with Crippen molar-refractivity contribution in [3.05, 3.63) is 23.9 Å². The number of nitrogens with two attached hydrogens (primary N) is 1. The van der Waals surface area contributed by atoms with Crippen LogP contribution in [0.1, 0.15) is 12.0 Å².